The normalized spacial score (nSPS) is 15.7. The van der Waals surface area contributed by atoms with Crippen molar-refractivity contribution in [2.75, 3.05) is 25.4 Å². The van der Waals surface area contributed by atoms with Crippen LogP contribution in [-0.2, 0) is 21.4 Å². The molecule has 5 rings (SSSR count). The van der Waals surface area contributed by atoms with Gasteiger partial charge in [-0.05, 0) is 35.9 Å². The molecule has 3 aromatic heterocycles. The Morgan fingerprint density at radius 2 is 1.97 bits per heavy atom. The van der Waals surface area contributed by atoms with Crippen molar-refractivity contribution in [1.82, 2.24) is 24.2 Å². The van der Waals surface area contributed by atoms with Crippen LogP contribution in [0.25, 0.3) is 21.1 Å². The van der Waals surface area contributed by atoms with E-state index in [2.05, 4.69) is 15.0 Å². The average Bonchev–Trinajstić information content (AvgIpc) is 3.19. The highest BCUT2D eigenvalue weighted by atomic mass is 35.5. The molecule has 32 heavy (non-hydrogen) atoms. The van der Waals surface area contributed by atoms with Crippen LogP contribution in [0.15, 0.2) is 46.9 Å². The molecular weight excluding hydrogens is 472 g/mol. The molecule has 4 heterocycles. The number of aromatic nitrogens is 3. The minimum absolute atomic E-state index is 0.148. The number of carbonyl (C=O) groups is 1. The second-order valence-electron chi connectivity index (χ2n) is 7.36. The molecule has 1 amide bonds. The number of carbonyl (C=O) groups excluding carboxylic acids is 1. The number of fused-ring (bicyclic) bond motifs is 2. The van der Waals surface area contributed by atoms with Gasteiger partial charge in [0.2, 0.25) is 5.91 Å². The van der Waals surface area contributed by atoms with Gasteiger partial charge in [-0.1, -0.05) is 17.7 Å². The number of nitrogen functional groups attached to an aromatic ring is 1. The number of sulfonamides is 1. The third kappa shape index (κ3) is 3.77. The Bertz CT molecular complexity index is 1470. The third-order valence-electron chi connectivity index (χ3n) is 5.31. The number of amides is 1. The molecule has 0 atom stereocenters. The van der Waals surface area contributed by atoms with E-state index in [9.17, 15) is 13.2 Å². The lowest BCUT2D eigenvalue weighted by atomic mass is 10.1. The van der Waals surface area contributed by atoms with Crippen molar-refractivity contribution < 1.29 is 13.2 Å². The number of benzene rings is 1. The van der Waals surface area contributed by atoms with E-state index in [-0.39, 0.29) is 29.8 Å². The Hall–Kier alpha value is -2.86. The molecule has 1 saturated heterocycles. The lowest BCUT2D eigenvalue weighted by molar-refractivity contribution is -0.134. The highest BCUT2D eigenvalue weighted by molar-refractivity contribution is 7.91. The van der Waals surface area contributed by atoms with Crippen LogP contribution < -0.4 is 5.73 Å². The van der Waals surface area contributed by atoms with Crippen LogP contribution in [0.4, 0.5) is 5.82 Å². The summed E-state index contributed by atoms with van der Waals surface area (Å²) in [5.74, 6) is 0.138. The molecule has 0 radical (unpaired) electrons. The van der Waals surface area contributed by atoms with E-state index < -0.39 is 10.0 Å². The highest BCUT2D eigenvalue weighted by Gasteiger charge is 2.34. The number of pyridine rings is 1. The van der Waals surface area contributed by atoms with Crippen LogP contribution in [0, 0.1) is 0 Å². The van der Waals surface area contributed by atoms with Crippen molar-refractivity contribution in [1.29, 1.82) is 0 Å². The fraction of sp³-hybridized carbons (Fsp3) is 0.200. The number of hydrogen-bond acceptors (Lipinski definition) is 8. The molecule has 1 aromatic carbocycles. The van der Waals surface area contributed by atoms with Gasteiger partial charge in [-0.15, -0.1) is 11.3 Å². The van der Waals surface area contributed by atoms with Gasteiger partial charge in [-0.3, -0.25) is 4.79 Å². The third-order valence-corrected chi connectivity index (χ3v) is 8.86. The van der Waals surface area contributed by atoms with E-state index in [1.54, 1.807) is 23.1 Å². The first-order valence-corrected chi connectivity index (χ1v) is 12.3. The molecule has 9 nitrogen and oxygen atoms in total. The van der Waals surface area contributed by atoms with E-state index >= 15 is 0 Å². The Morgan fingerprint density at radius 1 is 1.12 bits per heavy atom. The maximum absolute atomic E-state index is 13.1. The number of piperazine rings is 1. The van der Waals surface area contributed by atoms with E-state index in [4.69, 9.17) is 17.3 Å². The summed E-state index contributed by atoms with van der Waals surface area (Å²) in [4.78, 5) is 27.3. The largest absolute Gasteiger partial charge is 0.383 e. The van der Waals surface area contributed by atoms with Gasteiger partial charge >= 0.3 is 0 Å². The van der Waals surface area contributed by atoms with Crippen LogP contribution in [-0.4, -0.2) is 58.1 Å². The maximum atomic E-state index is 13.1. The van der Waals surface area contributed by atoms with Gasteiger partial charge < -0.3 is 10.6 Å². The van der Waals surface area contributed by atoms with Crippen molar-refractivity contribution in [2.24, 2.45) is 0 Å². The van der Waals surface area contributed by atoms with Crippen LogP contribution in [0.3, 0.4) is 0 Å². The van der Waals surface area contributed by atoms with Gasteiger partial charge in [0.15, 0.2) is 0 Å². The lowest BCUT2D eigenvalue weighted by Gasteiger charge is -2.33. The second-order valence-corrected chi connectivity index (χ2v) is 10.9. The summed E-state index contributed by atoms with van der Waals surface area (Å²) in [6.07, 6.45) is 1.40. The zero-order valence-electron chi connectivity index (χ0n) is 16.6. The number of halogens is 1. The molecule has 4 aromatic rings. The van der Waals surface area contributed by atoms with Gasteiger partial charge in [0.1, 0.15) is 26.3 Å². The lowest BCUT2D eigenvalue weighted by Crippen LogP contribution is -2.51. The van der Waals surface area contributed by atoms with Crippen LogP contribution in [0.5, 0.6) is 0 Å². The molecule has 0 unspecified atom stereocenters. The summed E-state index contributed by atoms with van der Waals surface area (Å²) in [7, 11) is -3.81. The number of hydrogen-bond donors (Lipinski definition) is 1. The average molecular weight is 489 g/mol. The Kier molecular flexibility index (Phi) is 5.20. The van der Waals surface area contributed by atoms with E-state index in [0.29, 0.717) is 33.2 Å². The Labute approximate surface area is 192 Å². The first-order valence-electron chi connectivity index (χ1n) is 9.64. The van der Waals surface area contributed by atoms with Crippen LogP contribution in [0.2, 0.25) is 5.15 Å². The number of rotatable bonds is 4. The fourth-order valence-electron chi connectivity index (χ4n) is 3.63. The Morgan fingerprint density at radius 3 is 2.78 bits per heavy atom. The molecule has 0 aliphatic carbocycles. The molecule has 1 aliphatic heterocycles. The smallest absolute Gasteiger partial charge is 0.253 e. The molecule has 164 valence electrons. The van der Waals surface area contributed by atoms with Crippen molar-refractivity contribution in [3.63, 3.8) is 0 Å². The zero-order valence-corrected chi connectivity index (χ0v) is 19.0. The van der Waals surface area contributed by atoms with Gasteiger partial charge in [-0.25, -0.2) is 23.4 Å². The highest BCUT2D eigenvalue weighted by Crippen LogP contribution is 2.31. The fourth-order valence-corrected chi connectivity index (χ4v) is 6.70. The van der Waals surface area contributed by atoms with Gasteiger partial charge in [0, 0.05) is 30.4 Å². The summed E-state index contributed by atoms with van der Waals surface area (Å²) < 4.78 is 27.6. The first kappa shape index (κ1) is 21.0. The number of anilines is 1. The zero-order chi connectivity index (χ0) is 22.5. The van der Waals surface area contributed by atoms with Gasteiger partial charge in [0.05, 0.1) is 12.1 Å². The van der Waals surface area contributed by atoms with Crippen molar-refractivity contribution in [2.45, 2.75) is 10.8 Å². The van der Waals surface area contributed by atoms with E-state index in [0.717, 1.165) is 22.3 Å². The summed E-state index contributed by atoms with van der Waals surface area (Å²) in [5.41, 5.74) is 7.44. The Balaban J connectivity index is 1.32. The summed E-state index contributed by atoms with van der Waals surface area (Å²) >= 11 is 6.95. The standard InChI is InChI=1S/C20H17ClN6O3S2/c21-16-4-2-13-8-18(31-20(13)25-16)32(29,30)27-6-5-26(17(28)10-27)9-12-1-3-14-15(7-12)23-11-24-19(14)22/h1-4,7-8,11H,5-6,9-10H2,(H2,22,23,24). The minimum atomic E-state index is -3.81. The number of nitrogens with zero attached hydrogens (tertiary/aromatic N) is 5. The van der Waals surface area contributed by atoms with Crippen molar-refractivity contribution in [3.8, 4) is 0 Å². The number of nitrogens with two attached hydrogens (primary N) is 1. The van der Waals surface area contributed by atoms with Gasteiger partial charge in [0.25, 0.3) is 10.0 Å². The molecule has 0 bridgehead atoms. The minimum Gasteiger partial charge on any atom is -0.383 e. The van der Waals surface area contributed by atoms with E-state index in [1.165, 1.54) is 10.6 Å². The van der Waals surface area contributed by atoms with Gasteiger partial charge in [-0.2, -0.15) is 4.31 Å². The van der Waals surface area contributed by atoms with E-state index in [1.807, 2.05) is 18.2 Å². The van der Waals surface area contributed by atoms with Crippen molar-refractivity contribution >= 4 is 65.8 Å². The molecule has 1 aliphatic rings. The maximum Gasteiger partial charge on any atom is 0.253 e. The second kappa shape index (κ2) is 7.93. The quantitative estimate of drug-likeness (QED) is 0.438. The van der Waals surface area contributed by atoms with Crippen molar-refractivity contribution in [3.05, 3.63) is 53.4 Å². The molecular formula is C20H17ClN6O3S2. The molecule has 1 fully saturated rings. The molecule has 2 N–H and O–H groups in total. The summed E-state index contributed by atoms with van der Waals surface area (Å²) in [5, 5.41) is 1.75. The predicted molar refractivity (Wildman–Crippen MR) is 123 cm³/mol. The topological polar surface area (TPSA) is 122 Å². The monoisotopic (exact) mass is 488 g/mol. The van der Waals surface area contributed by atoms with Crippen LogP contribution in [0.1, 0.15) is 5.56 Å². The SMILES string of the molecule is Nc1ncnc2cc(CN3CCN(S(=O)(=O)c4cc5ccc(Cl)nc5s4)CC3=O)ccc12. The molecule has 0 spiro atoms. The van der Waals surface area contributed by atoms with Crippen LogP contribution >= 0.6 is 22.9 Å². The number of thiophene rings is 1. The summed E-state index contributed by atoms with van der Waals surface area (Å²) in [6.45, 7) is 0.640. The molecule has 12 heteroatoms. The molecule has 0 saturated carbocycles. The first-order chi connectivity index (χ1) is 15.3. The summed E-state index contributed by atoms with van der Waals surface area (Å²) in [6, 6.07) is 10.5. The predicted octanol–water partition coefficient (Wildman–Crippen LogP) is 2.51.